The molecule has 2 atom stereocenters. The molecule has 5 nitrogen and oxygen atoms in total. The van der Waals surface area contributed by atoms with Gasteiger partial charge in [-0.1, -0.05) is 43.6 Å². The zero-order valence-electron chi connectivity index (χ0n) is 20.3. The number of aryl methyl sites for hydroxylation is 1. The number of amides is 1. The van der Waals surface area contributed by atoms with Gasteiger partial charge in [0.05, 0.1) is 0 Å². The number of carbonyl (C=O) groups excluding carboxylic acids is 1. The van der Waals surface area contributed by atoms with Crippen LogP contribution in [0.3, 0.4) is 0 Å². The summed E-state index contributed by atoms with van der Waals surface area (Å²) in [5, 5.41) is 11.2. The number of nitrogens with zero attached hydrogens (tertiary/aromatic N) is 2. The molecule has 1 aromatic carbocycles. The zero-order chi connectivity index (χ0) is 23.3. The van der Waals surface area contributed by atoms with Crippen LogP contribution in [0, 0.1) is 5.92 Å². The van der Waals surface area contributed by atoms with Gasteiger partial charge >= 0.3 is 6.09 Å². The van der Waals surface area contributed by atoms with E-state index >= 15 is 0 Å². The Balaban J connectivity index is 1.96. The summed E-state index contributed by atoms with van der Waals surface area (Å²) in [6.45, 7) is 13.6. The molecule has 2 aliphatic rings. The van der Waals surface area contributed by atoms with Gasteiger partial charge in [-0.3, -0.25) is 0 Å². The molecule has 176 valence electrons. The summed E-state index contributed by atoms with van der Waals surface area (Å²) in [5.41, 5.74) is 4.14. The summed E-state index contributed by atoms with van der Waals surface area (Å²) in [6.07, 6.45) is 8.12. The lowest BCUT2D eigenvalue weighted by Gasteiger charge is -2.34. The van der Waals surface area contributed by atoms with Crippen LogP contribution in [0.2, 0.25) is 0 Å². The van der Waals surface area contributed by atoms with Crippen LogP contribution in [-0.2, 0) is 6.42 Å². The molecule has 0 bridgehead atoms. The Morgan fingerprint density at radius 1 is 1.22 bits per heavy atom. The molecule has 1 aliphatic carbocycles. The molecule has 1 fully saturated rings. The van der Waals surface area contributed by atoms with Crippen molar-refractivity contribution in [1.29, 1.82) is 0 Å². The van der Waals surface area contributed by atoms with Gasteiger partial charge in [0, 0.05) is 37.7 Å². The molecule has 1 unspecified atom stereocenters. The molecule has 0 spiro atoms. The van der Waals surface area contributed by atoms with E-state index in [0.29, 0.717) is 18.8 Å². The molecular weight excluding hydrogens is 400 g/mol. The minimum atomic E-state index is -0.326. The van der Waals surface area contributed by atoms with E-state index in [1.165, 1.54) is 5.57 Å². The standard InChI is InChI=1S/C27H40N2O3/c1-6-7-8-9-21-17-24(30)26(23-16-20(4)10-11-22(23)19(2)3)25(18-21)32-27(31)29-14-12-28(5)13-15-29/h16-18,22-23,30H,2,6-15H2,1,3-5H3/t22-,23?/m1/s1. The maximum Gasteiger partial charge on any atom is 0.415 e. The van der Waals surface area contributed by atoms with Gasteiger partial charge in [-0.25, -0.2) is 4.79 Å². The Morgan fingerprint density at radius 2 is 1.94 bits per heavy atom. The fourth-order valence-electron chi connectivity index (χ4n) is 4.86. The lowest BCUT2D eigenvalue weighted by Crippen LogP contribution is -2.48. The summed E-state index contributed by atoms with van der Waals surface area (Å²) in [5.74, 6) is 0.905. The summed E-state index contributed by atoms with van der Waals surface area (Å²) in [4.78, 5) is 17.0. The summed E-state index contributed by atoms with van der Waals surface area (Å²) < 4.78 is 6.01. The lowest BCUT2D eigenvalue weighted by molar-refractivity contribution is 0.120. The molecule has 0 aromatic heterocycles. The van der Waals surface area contributed by atoms with Crippen LogP contribution in [0.5, 0.6) is 11.5 Å². The van der Waals surface area contributed by atoms with Crippen LogP contribution in [0.25, 0.3) is 0 Å². The number of likely N-dealkylation sites (N-methyl/N-ethyl adjacent to an activating group) is 1. The maximum atomic E-state index is 13.0. The number of aromatic hydroxyl groups is 1. The molecular formula is C27H40N2O3. The first-order chi connectivity index (χ1) is 15.3. The normalized spacial score (nSPS) is 21.9. The second-order valence-electron chi connectivity index (χ2n) is 9.67. The van der Waals surface area contributed by atoms with Gasteiger partial charge in [0.15, 0.2) is 0 Å². The molecule has 32 heavy (non-hydrogen) atoms. The van der Waals surface area contributed by atoms with Crippen LogP contribution in [-0.4, -0.2) is 54.2 Å². The van der Waals surface area contributed by atoms with Crippen LogP contribution >= 0.6 is 0 Å². The number of carbonyl (C=O) groups is 1. The predicted octanol–water partition coefficient (Wildman–Crippen LogP) is 5.89. The number of benzene rings is 1. The van der Waals surface area contributed by atoms with E-state index in [-0.39, 0.29) is 23.7 Å². The fourth-order valence-corrected chi connectivity index (χ4v) is 4.86. The van der Waals surface area contributed by atoms with Crippen molar-refractivity contribution in [3.05, 3.63) is 47.1 Å². The highest BCUT2D eigenvalue weighted by Crippen LogP contribution is 2.47. The summed E-state index contributed by atoms with van der Waals surface area (Å²) in [7, 11) is 2.06. The van der Waals surface area contributed by atoms with Crippen molar-refractivity contribution in [3.8, 4) is 11.5 Å². The Kier molecular flexibility index (Phi) is 8.41. The number of phenolic OH excluding ortho intramolecular Hbond substituents is 1. The number of hydrogen-bond acceptors (Lipinski definition) is 4. The van der Waals surface area contributed by atoms with Crippen molar-refractivity contribution >= 4 is 6.09 Å². The average Bonchev–Trinajstić information content (AvgIpc) is 2.74. The topological polar surface area (TPSA) is 53.0 Å². The highest BCUT2D eigenvalue weighted by Gasteiger charge is 2.32. The van der Waals surface area contributed by atoms with Crippen LogP contribution in [0.1, 0.15) is 69.9 Å². The van der Waals surface area contributed by atoms with Gasteiger partial charge < -0.3 is 19.6 Å². The SMILES string of the molecule is C=C(C)[C@H]1CCC(C)=CC1c1c(O)cc(CCCCC)cc1OC(=O)N1CCN(C)CC1. The van der Waals surface area contributed by atoms with Crippen LogP contribution in [0.4, 0.5) is 4.79 Å². The molecule has 0 radical (unpaired) electrons. The van der Waals surface area contributed by atoms with Crippen molar-refractivity contribution in [2.24, 2.45) is 5.92 Å². The zero-order valence-corrected chi connectivity index (χ0v) is 20.3. The molecule has 5 heteroatoms. The number of hydrogen-bond donors (Lipinski definition) is 1. The Hall–Kier alpha value is -2.27. The molecule has 1 heterocycles. The van der Waals surface area contributed by atoms with Crippen molar-refractivity contribution < 1.29 is 14.6 Å². The van der Waals surface area contributed by atoms with E-state index in [4.69, 9.17) is 4.74 Å². The minimum Gasteiger partial charge on any atom is -0.507 e. The van der Waals surface area contributed by atoms with E-state index in [0.717, 1.165) is 68.3 Å². The van der Waals surface area contributed by atoms with Gasteiger partial charge in [-0.05, 0) is 70.2 Å². The lowest BCUT2D eigenvalue weighted by atomic mass is 9.73. The molecule has 1 aromatic rings. The van der Waals surface area contributed by atoms with E-state index in [1.54, 1.807) is 4.90 Å². The van der Waals surface area contributed by atoms with E-state index < -0.39 is 0 Å². The van der Waals surface area contributed by atoms with Crippen LogP contribution in [0.15, 0.2) is 35.9 Å². The Morgan fingerprint density at radius 3 is 2.59 bits per heavy atom. The minimum absolute atomic E-state index is 0.0405. The first kappa shape index (κ1) is 24.4. The highest BCUT2D eigenvalue weighted by molar-refractivity contribution is 5.72. The molecule has 1 aliphatic heterocycles. The number of piperazine rings is 1. The van der Waals surface area contributed by atoms with Gasteiger partial charge in [-0.2, -0.15) is 0 Å². The molecule has 3 rings (SSSR count). The Bertz CT molecular complexity index is 853. The highest BCUT2D eigenvalue weighted by atomic mass is 16.6. The summed E-state index contributed by atoms with van der Waals surface area (Å²) in [6, 6.07) is 3.84. The van der Waals surface area contributed by atoms with Gasteiger partial charge in [-0.15, -0.1) is 0 Å². The van der Waals surface area contributed by atoms with E-state index in [2.05, 4.69) is 45.4 Å². The number of unbranched alkanes of at least 4 members (excludes halogenated alkanes) is 2. The Labute approximate surface area is 193 Å². The monoisotopic (exact) mass is 440 g/mol. The second-order valence-corrected chi connectivity index (χ2v) is 9.67. The van der Waals surface area contributed by atoms with E-state index in [9.17, 15) is 9.90 Å². The number of phenols is 1. The molecule has 1 saturated heterocycles. The van der Waals surface area contributed by atoms with Crippen molar-refractivity contribution in [3.63, 3.8) is 0 Å². The first-order valence-corrected chi connectivity index (χ1v) is 12.1. The van der Waals surface area contributed by atoms with Gasteiger partial charge in [0.25, 0.3) is 0 Å². The fraction of sp³-hybridized carbons (Fsp3) is 0.593. The smallest absolute Gasteiger partial charge is 0.415 e. The number of rotatable bonds is 7. The molecule has 0 saturated carbocycles. The molecule has 1 amide bonds. The quantitative estimate of drug-likeness (QED) is 0.424. The first-order valence-electron chi connectivity index (χ1n) is 12.1. The number of ether oxygens (including phenoxy) is 1. The second kappa shape index (κ2) is 11.0. The van der Waals surface area contributed by atoms with Gasteiger partial charge in [0.2, 0.25) is 0 Å². The predicted molar refractivity (Wildman–Crippen MR) is 130 cm³/mol. The third-order valence-electron chi connectivity index (χ3n) is 6.92. The maximum absolute atomic E-state index is 13.0. The van der Waals surface area contributed by atoms with E-state index in [1.807, 2.05) is 12.1 Å². The van der Waals surface area contributed by atoms with Crippen molar-refractivity contribution in [1.82, 2.24) is 9.80 Å². The third kappa shape index (κ3) is 5.94. The molecule has 1 N–H and O–H groups in total. The van der Waals surface area contributed by atoms with Gasteiger partial charge in [0.1, 0.15) is 11.5 Å². The van der Waals surface area contributed by atoms with Crippen molar-refractivity contribution in [2.75, 3.05) is 33.2 Å². The largest absolute Gasteiger partial charge is 0.507 e. The average molecular weight is 441 g/mol. The third-order valence-corrected chi connectivity index (χ3v) is 6.92. The number of allylic oxidation sites excluding steroid dienone is 3. The van der Waals surface area contributed by atoms with Crippen molar-refractivity contribution in [2.45, 2.75) is 65.2 Å². The van der Waals surface area contributed by atoms with Crippen LogP contribution < -0.4 is 4.74 Å². The summed E-state index contributed by atoms with van der Waals surface area (Å²) >= 11 is 0.